The molecule has 0 aliphatic rings. The molecule has 3 rings (SSSR count). The highest BCUT2D eigenvalue weighted by Gasteiger charge is 2.26. The number of thiophene rings is 1. The molecule has 2 N–H and O–H groups in total. The van der Waals surface area contributed by atoms with E-state index in [2.05, 4.69) is 5.32 Å². The predicted octanol–water partition coefficient (Wildman–Crippen LogP) is 2.97. The van der Waals surface area contributed by atoms with Crippen LogP contribution in [0.1, 0.15) is 11.3 Å². The zero-order chi connectivity index (χ0) is 20.6. The van der Waals surface area contributed by atoms with Crippen LogP contribution >= 0.6 is 11.3 Å². The van der Waals surface area contributed by atoms with Gasteiger partial charge in [-0.2, -0.15) is 0 Å². The van der Waals surface area contributed by atoms with Gasteiger partial charge in [-0.15, -0.1) is 11.3 Å². The summed E-state index contributed by atoms with van der Waals surface area (Å²) in [6.45, 7) is 1.61. The Morgan fingerprint density at radius 2 is 1.82 bits per heavy atom. The summed E-state index contributed by atoms with van der Waals surface area (Å²) in [7, 11) is -0.729. The molecule has 2 aromatic heterocycles. The van der Waals surface area contributed by atoms with E-state index >= 15 is 0 Å². The average molecular weight is 422 g/mol. The third kappa shape index (κ3) is 3.48. The Morgan fingerprint density at radius 3 is 2.39 bits per heavy atom. The van der Waals surface area contributed by atoms with Gasteiger partial charge in [-0.25, -0.2) is 17.2 Å². The molecule has 148 valence electrons. The molecule has 0 aliphatic carbocycles. The molecule has 0 unspecified atom stereocenters. The lowest BCUT2D eigenvalue weighted by Crippen LogP contribution is -2.27. The van der Waals surface area contributed by atoms with Gasteiger partial charge in [0.05, 0.1) is 11.3 Å². The van der Waals surface area contributed by atoms with Gasteiger partial charge >= 0.3 is 12.0 Å². The van der Waals surface area contributed by atoms with Crippen LogP contribution in [0, 0.1) is 6.92 Å². The van der Waals surface area contributed by atoms with Gasteiger partial charge in [0.1, 0.15) is 4.83 Å². The fourth-order valence-electron chi connectivity index (χ4n) is 2.87. The second-order valence-electron chi connectivity index (χ2n) is 6.39. The first-order chi connectivity index (χ1) is 13.1. The van der Waals surface area contributed by atoms with Gasteiger partial charge in [0, 0.05) is 30.9 Å². The van der Waals surface area contributed by atoms with Crippen molar-refractivity contribution in [2.24, 2.45) is 0 Å². The lowest BCUT2D eigenvalue weighted by atomic mass is 10.1. The number of carbonyl (C=O) groups excluding carboxylic acids is 1. The van der Waals surface area contributed by atoms with Gasteiger partial charge in [0.15, 0.2) is 0 Å². The number of fused-ring (bicyclic) bond motifs is 1. The van der Waals surface area contributed by atoms with E-state index in [4.69, 9.17) is 5.11 Å². The van der Waals surface area contributed by atoms with Crippen LogP contribution in [0.25, 0.3) is 10.2 Å². The summed E-state index contributed by atoms with van der Waals surface area (Å²) >= 11 is 1.24. The molecule has 0 atom stereocenters. The van der Waals surface area contributed by atoms with Gasteiger partial charge in [-0.05, 0) is 48.2 Å². The summed E-state index contributed by atoms with van der Waals surface area (Å²) in [4.78, 5) is 24.8. The predicted molar refractivity (Wildman–Crippen MR) is 108 cm³/mol. The summed E-state index contributed by atoms with van der Waals surface area (Å²) in [5, 5.41) is 14.2. The van der Waals surface area contributed by atoms with Gasteiger partial charge in [-0.1, -0.05) is 0 Å². The molecular weight excluding hydrogens is 402 g/mol. The van der Waals surface area contributed by atoms with Crippen molar-refractivity contribution < 1.29 is 23.1 Å². The van der Waals surface area contributed by atoms with E-state index in [-0.39, 0.29) is 17.3 Å². The van der Waals surface area contributed by atoms with Gasteiger partial charge < -0.3 is 15.3 Å². The van der Waals surface area contributed by atoms with Crippen molar-refractivity contribution in [2.75, 3.05) is 19.4 Å². The minimum atomic E-state index is -3.93. The van der Waals surface area contributed by atoms with Crippen LogP contribution in [0.15, 0.2) is 40.6 Å². The van der Waals surface area contributed by atoms with Crippen molar-refractivity contribution >= 4 is 49.3 Å². The molecule has 0 radical (unpaired) electrons. The molecule has 1 aromatic carbocycles. The summed E-state index contributed by atoms with van der Waals surface area (Å²) in [5.74, 6) is -1.02. The Kier molecular flexibility index (Phi) is 5.18. The maximum Gasteiger partial charge on any atom is 0.321 e. The van der Waals surface area contributed by atoms with Crippen molar-refractivity contribution in [3.05, 3.63) is 47.0 Å². The van der Waals surface area contributed by atoms with E-state index in [0.717, 1.165) is 0 Å². The fourth-order valence-corrected chi connectivity index (χ4v) is 5.66. The molecule has 0 spiro atoms. The van der Waals surface area contributed by atoms with Crippen LogP contribution in [0.3, 0.4) is 0 Å². The van der Waals surface area contributed by atoms with Crippen molar-refractivity contribution in [1.82, 2.24) is 8.87 Å². The first-order valence-corrected chi connectivity index (χ1v) is 10.6. The maximum absolute atomic E-state index is 13.2. The number of nitrogens with one attached hydrogen (secondary N) is 1. The number of carboxylic acid groups (broad SMARTS) is 1. The number of hydrogen-bond donors (Lipinski definition) is 2. The zero-order valence-corrected chi connectivity index (χ0v) is 17.1. The van der Waals surface area contributed by atoms with Crippen molar-refractivity contribution in [3.63, 3.8) is 0 Å². The summed E-state index contributed by atoms with van der Waals surface area (Å²) in [6.07, 6.45) is -0.253. The Hall–Kier alpha value is -2.85. The summed E-state index contributed by atoms with van der Waals surface area (Å²) in [6, 6.07) is 7.26. The lowest BCUT2D eigenvalue weighted by Gasteiger charge is -2.13. The number of amides is 2. The highest BCUT2D eigenvalue weighted by molar-refractivity contribution is 7.90. The second-order valence-corrected chi connectivity index (χ2v) is 9.07. The number of benzene rings is 1. The Morgan fingerprint density at radius 1 is 1.18 bits per heavy atom. The molecule has 2 amide bonds. The van der Waals surface area contributed by atoms with E-state index in [1.54, 1.807) is 32.5 Å². The van der Waals surface area contributed by atoms with E-state index in [9.17, 15) is 18.0 Å². The van der Waals surface area contributed by atoms with E-state index < -0.39 is 16.0 Å². The molecule has 0 bridgehead atoms. The Labute approximate surface area is 166 Å². The van der Waals surface area contributed by atoms with Crippen LogP contribution in [-0.4, -0.2) is 48.5 Å². The number of rotatable bonds is 5. The first kappa shape index (κ1) is 19.9. The number of carboxylic acids is 1. The van der Waals surface area contributed by atoms with Crippen molar-refractivity contribution in [1.29, 1.82) is 0 Å². The molecule has 8 nitrogen and oxygen atoms in total. The maximum atomic E-state index is 13.2. The molecule has 3 aromatic rings. The smallest absolute Gasteiger partial charge is 0.321 e. The Balaban J connectivity index is 2.04. The minimum Gasteiger partial charge on any atom is -0.481 e. The van der Waals surface area contributed by atoms with E-state index in [1.165, 1.54) is 44.5 Å². The first-order valence-electron chi connectivity index (χ1n) is 8.26. The van der Waals surface area contributed by atoms with Gasteiger partial charge in [-0.3, -0.25) is 4.79 Å². The second kappa shape index (κ2) is 7.28. The van der Waals surface area contributed by atoms with Crippen LogP contribution in [0.4, 0.5) is 10.5 Å². The third-order valence-corrected chi connectivity index (χ3v) is 7.09. The van der Waals surface area contributed by atoms with Crippen LogP contribution in [0.5, 0.6) is 0 Å². The van der Waals surface area contributed by atoms with Crippen molar-refractivity contribution in [2.45, 2.75) is 18.2 Å². The van der Waals surface area contributed by atoms with E-state index in [0.29, 0.717) is 27.2 Å². The lowest BCUT2D eigenvalue weighted by molar-refractivity contribution is -0.136. The largest absolute Gasteiger partial charge is 0.481 e. The minimum absolute atomic E-state index is 0.0469. The highest BCUT2D eigenvalue weighted by Crippen LogP contribution is 2.34. The van der Waals surface area contributed by atoms with Crippen LogP contribution in [0.2, 0.25) is 0 Å². The number of nitrogens with zero attached hydrogens (tertiary/aromatic N) is 2. The molecule has 0 saturated carbocycles. The molecule has 10 heteroatoms. The zero-order valence-electron chi connectivity index (χ0n) is 15.5. The number of aromatic nitrogens is 1. The van der Waals surface area contributed by atoms with Crippen molar-refractivity contribution in [3.8, 4) is 0 Å². The topological polar surface area (TPSA) is 109 Å². The normalized spacial score (nSPS) is 11.5. The molecule has 28 heavy (non-hydrogen) atoms. The summed E-state index contributed by atoms with van der Waals surface area (Å²) in [5.41, 5.74) is 1.34. The number of carbonyl (C=O) groups is 2. The van der Waals surface area contributed by atoms with Crippen LogP contribution in [-0.2, 0) is 21.2 Å². The molecule has 2 heterocycles. The molecule has 0 fully saturated rings. The number of anilines is 1. The monoisotopic (exact) mass is 421 g/mol. The quantitative estimate of drug-likeness (QED) is 0.658. The third-order valence-electron chi connectivity index (χ3n) is 4.27. The fraction of sp³-hybridized carbons (Fsp3) is 0.222. The number of aliphatic carboxylic acids is 1. The SMILES string of the molecule is Cc1c(CC(=O)O)c2ccsc2n1S(=O)(=O)c1ccc(NC(=O)N(C)C)cc1. The Bertz CT molecular complexity index is 1160. The molecular formula is C18H19N3O5S2. The standard InChI is InChI=1S/C18H19N3O5S2/c1-11-15(10-16(22)23)14-8-9-27-17(14)21(11)28(25,26)13-6-4-12(5-7-13)19-18(24)20(2)3/h4-9H,10H2,1-3H3,(H,19,24)(H,22,23). The van der Waals surface area contributed by atoms with Gasteiger partial charge in [0.25, 0.3) is 10.0 Å². The number of hydrogen-bond acceptors (Lipinski definition) is 5. The van der Waals surface area contributed by atoms with Crippen LogP contribution < -0.4 is 5.32 Å². The average Bonchev–Trinajstić information content (AvgIpc) is 3.17. The number of urea groups is 1. The molecule has 0 aliphatic heterocycles. The van der Waals surface area contributed by atoms with E-state index in [1.807, 2.05) is 0 Å². The van der Waals surface area contributed by atoms with Gasteiger partial charge in [0.2, 0.25) is 0 Å². The highest BCUT2D eigenvalue weighted by atomic mass is 32.2. The summed E-state index contributed by atoms with van der Waals surface area (Å²) < 4.78 is 27.7. The molecule has 0 saturated heterocycles.